The maximum atomic E-state index is 13.0. The Labute approximate surface area is 214 Å². The molecule has 0 saturated heterocycles. The van der Waals surface area contributed by atoms with Gasteiger partial charge in [-0.05, 0) is 43.5 Å². The molecule has 0 aliphatic heterocycles. The number of hydrogen-bond donors (Lipinski definition) is 2. The standard InChI is InChI=1S/C22H20ClF3N4O6S/c1-35-16-12-13(2-4-15(16)31)37(33,34)29-20(32)14-3-5-17(27-19(14)23)30-10-6-18(28-30)36-11-9-21(7-8-21)22(24,25)26/h2-6,10,12,31H,7-9,11H2,1H3,(H,29,32). The Morgan fingerprint density at radius 1 is 1.24 bits per heavy atom. The van der Waals surface area contributed by atoms with Gasteiger partial charge in [-0.25, -0.2) is 22.8 Å². The second-order valence-corrected chi connectivity index (χ2v) is 10.3. The highest BCUT2D eigenvalue weighted by Gasteiger charge is 2.62. The molecule has 0 atom stereocenters. The second kappa shape index (κ2) is 9.74. The van der Waals surface area contributed by atoms with Crippen molar-refractivity contribution in [3.8, 4) is 23.2 Å². The van der Waals surface area contributed by atoms with Crippen molar-refractivity contribution in [2.75, 3.05) is 13.7 Å². The van der Waals surface area contributed by atoms with E-state index >= 15 is 0 Å². The van der Waals surface area contributed by atoms with Crippen LogP contribution in [0, 0.1) is 5.41 Å². The van der Waals surface area contributed by atoms with Gasteiger partial charge in [0.1, 0.15) is 5.15 Å². The number of sulfonamides is 1. The van der Waals surface area contributed by atoms with Crippen molar-refractivity contribution >= 4 is 27.5 Å². The van der Waals surface area contributed by atoms with Gasteiger partial charge in [-0.15, -0.1) is 5.10 Å². The van der Waals surface area contributed by atoms with Crippen LogP contribution in [0.4, 0.5) is 13.2 Å². The first kappa shape index (κ1) is 26.5. The molecule has 1 aliphatic carbocycles. The molecular formula is C22H20ClF3N4O6S. The molecule has 1 amide bonds. The molecule has 1 aliphatic rings. The van der Waals surface area contributed by atoms with Crippen LogP contribution < -0.4 is 14.2 Å². The Balaban J connectivity index is 1.42. The van der Waals surface area contributed by atoms with E-state index in [1.807, 2.05) is 4.72 Å². The van der Waals surface area contributed by atoms with E-state index in [9.17, 15) is 31.5 Å². The molecule has 0 radical (unpaired) electrons. The van der Waals surface area contributed by atoms with Crippen LogP contribution in [0.15, 0.2) is 47.5 Å². The van der Waals surface area contributed by atoms with Crippen LogP contribution in [0.3, 0.4) is 0 Å². The van der Waals surface area contributed by atoms with Crippen molar-refractivity contribution in [3.05, 3.63) is 53.3 Å². The number of benzene rings is 1. The van der Waals surface area contributed by atoms with Gasteiger partial charge >= 0.3 is 6.18 Å². The first-order valence-corrected chi connectivity index (χ1v) is 12.6. The molecule has 1 aromatic carbocycles. The minimum atomic E-state index is -4.34. The number of carbonyl (C=O) groups is 1. The smallest absolute Gasteiger partial charge is 0.394 e. The van der Waals surface area contributed by atoms with Crippen LogP contribution in [-0.2, 0) is 10.0 Å². The van der Waals surface area contributed by atoms with Crippen molar-refractivity contribution in [1.29, 1.82) is 0 Å². The number of aromatic nitrogens is 3. The Hall–Kier alpha value is -3.52. The molecule has 1 fully saturated rings. The molecular weight excluding hydrogens is 541 g/mol. The molecule has 2 N–H and O–H groups in total. The fourth-order valence-electron chi connectivity index (χ4n) is 3.47. The zero-order valence-corrected chi connectivity index (χ0v) is 20.7. The first-order valence-electron chi connectivity index (χ1n) is 10.7. The van der Waals surface area contributed by atoms with Crippen molar-refractivity contribution in [3.63, 3.8) is 0 Å². The maximum Gasteiger partial charge on any atom is 0.394 e. The number of halogens is 4. The number of alkyl halides is 3. The molecule has 4 rings (SSSR count). The SMILES string of the molecule is COc1cc(S(=O)(=O)NC(=O)c2ccc(-n3ccc(OCCC4(C(F)(F)F)CC4)n3)nc2Cl)ccc1O. The summed E-state index contributed by atoms with van der Waals surface area (Å²) in [6.45, 7) is -0.162. The number of amides is 1. The van der Waals surface area contributed by atoms with Crippen molar-refractivity contribution in [1.82, 2.24) is 19.5 Å². The van der Waals surface area contributed by atoms with Gasteiger partial charge in [0.2, 0.25) is 5.88 Å². The first-order chi connectivity index (χ1) is 17.3. The average Bonchev–Trinajstić information content (AvgIpc) is 3.48. The Bertz CT molecular complexity index is 1440. The fraction of sp³-hybridized carbons (Fsp3) is 0.318. The topological polar surface area (TPSA) is 133 Å². The van der Waals surface area contributed by atoms with Gasteiger partial charge in [-0.2, -0.15) is 13.2 Å². The molecule has 1 saturated carbocycles. The zero-order chi connectivity index (χ0) is 27.0. The average molecular weight is 561 g/mol. The monoisotopic (exact) mass is 560 g/mol. The van der Waals surface area contributed by atoms with Gasteiger partial charge in [0, 0.05) is 18.3 Å². The predicted octanol–water partition coefficient (Wildman–Crippen LogP) is 3.87. The van der Waals surface area contributed by atoms with E-state index in [0.29, 0.717) is 0 Å². The van der Waals surface area contributed by atoms with E-state index in [0.717, 1.165) is 18.2 Å². The summed E-state index contributed by atoms with van der Waals surface area (Å²) in [5.41, 5.74) is -1.92. The molecule has 0 spiro atoms. The summed E-state index contributed by atoms with van der Waals surface area (Å²) in [6.07, 6.45) is -2.83. The van der Waals surface area contributed by atoms with E-state index in [4.69, 9.17) is 21.1 Å². The van der Waals surface area contributed by atoms with Crippen LogP contribution in [0.1, 0.15) is 29.6 Å². The van der Waals surface area contributed by atoms with Crippen LogP contribution in [0.5, 0.6) is 17.4 Å². The minimum absolute atomic E-state index is 0.0770. The fourth-order valence-corrected chi connectivity index (χ4v) is 4.69. The number of phenols is 1. The van der Waals surface area contributed by atoms with Crippen LogP contribution >= 0.6 is 11.6 Å². The van der Waals surface area contributed by atoms with Crippen LogP contribution in [0.25, 0.3) is 5.82 Å². The molecule has 2 heterocycles. The molecule has 2 aromatic heterocycles. The van der Waals surface area contributed by atoms with Crippen molar-refractivity contribution in [2.24, 2.45) is 5.41 Å². The van der Waals surface area contributed by atoms with Gasteiger partial charge in [0.15, 0.2) is 17.3 Å². The van der Waals surface area contributed by atoms with E-state index < -0.39 is 27.5 Å². The van der Waals surface area contributed by atoms with Crippen LogP contribution in [-0.4, -0.2) is 54.1 Å². The summed E-state index contributed by atoms with van der Waals surface area (Å²) in [4.78, 5) is 16.3. The Morgan fingerprint density at radius 3 is 2.59 bits per heavy atom. The predicted molar refractivity (Wildman–Crippen MR) is 124 cm³/mol. The largest absolute Gasteiger partial charge is 0.504 e. The van der Waals surface area contributed by atoms with Crippen LogP contribution in [0.2, 0.25) is 5.15 Å². The number of aromatic hydroxyl groups is 1. The summed E-state index contributed by atoms with van der Waals surface area (Å²) in [5, 5.41) is 13.4. The zero-order valence-electron chi connectivity index (χ0n) is 19.1. The van der Waals surface area contributed by atoms with Gasteiger partial charge in [0.25, 0.3) is 15.9 Å². The molecule has 0 bridgehead atoms. The van der Waals surface area contributed by atoms with E-state index in [-0.39, 0.29) is 64.7 Å². The minimum Gasteiger partial charge on any atom is -0.504 e. The lowest BCUT2D eigenvalue weighted by Gasteiger charge is -2.18. The number of nitrogens with one attached hydrogen (secondary N) is 1. The molecule has 37 heavy (non-hydrogen) atoms. The summed E-state index contributed by atoms with van der Waals surface area (Å²) in [5.74, 6) is -1.21. The summed E-state index contributed by atoms with van der Waals surface area (Å²) in [7, 11) is -3.10. The second-order valence-electron chi connectivity index (χ2n) is 8.25. The third kappa shape index (κ3) is 5.59. The maximum absolute atomic E-state index is 13.0. The molecule has 198 valence electrons. The van der Waals surface area contributed by atoms with Gasteiger partial charge in [0.05, 0.1) is 29.6 Å². The highest BCUT2D eigenvalue weighted by Crippen LogP contribution is 2.59. The molecule has 10 nitrogen and oxygen atoms in total. The van der Waals surface area contributed by atoms with E-state index in [1.54, 1.807) is 0 Å². The number of hydrogen-bond acceptors (Lipinski definition) is 8. The molecule has 3 aromatic rings. The van der Waals surface area contributed by atoms with E-state index in [2.05, 4.69) is 10.1 Å². The number of pyridine rings is 1. The van der Waals surface area contributed by atoms with Gasteiger partial charge in [-0.1, -0.05) is 11.6 Å². The molecule has 0 unspecified atom stereocenters. The quantitative estimate of drug-likeness (QED) is 0.377. The summed E-state index contributed by atoms with van der Waals surface area (Å²) >= 11 is 6.11. The highest BCUT2D eigenvalue weighted by atomic mass is 35.5. The normalized spacial score (nSPS) is 14.7. The number of phenolic OH excluding ortho intramolecular Hbond substituents is 1. The third-order valence-electron chi connectivity index (χ3n) is 5.85. The number of nitrogens with zero attached hydrogens (tertiary/aromatic N) is 3. The molecule has 15 heteroatoms. The lowest BCUT2D eigenvalue weighted by molar-refractivity contribution is -0.190. The highest BCUT2D eigenvalue weighted by molar-refractivity contribution is 7.90. The number of methoxy groups -OCH3 is 1. The van der Waals surface area contributed by atoms with Gasteiger partial charge < -0.3 is 14.6 Å². The lowest BCUT2D eigenvalue weighted by atomic mass is 10.0. The van der Waals surface area contributed by atoms with Crippen molar-refractivity contribution < 1.29 is 41.0 Å². The van der Waals surface area contributed by atoms with E-state index in [1.165, 1.54) is 36.2 Å². The number of rotatable bonds is 9. The number of ether oxygens (including phenoxy) is 2. The Kier molecular flexibility index (Phi) is 6.99. The summed E-state index contributed by atoms with van der Waals surface area (Å²) < 4.78 is 77.6. The number of carbonyl (C=O) groups excluding carboxylic acids is 1. The van der Waals surface area contributed by atoms with Crippen molar-refractivity contribution in [2.45, 2.75) is 30.3 Å². The van der Waals surface area contributed by atoms with Gasteiger partial charge in [-0.3, -0.25) is 4.79 Å². The third-order valence-corrected chi connectivity index (χ3v) is 7.47. The summed E-state index contributed by atoms with van der Waals surface area (Å²) in [6, 6.07) is 7.23. The lowest BCUT2D eigenvalue weighted by Crippen LogP contribution is -2.31. The Morgan fingerprint density at radius 2 is 1.97 bits per heavy atom.